The molecule has 1 N–H and O–H groups in total. The van der Waals surface area contributed by atoms with E-state index in [4.69, 9.17) is 11.6 Å². The van der Waals surface area contributed by atoms with E-state index in [9.17, 15) is 13.2 Å². The van der Waals surface area contributed by atoms with Crippen molar-refractivity contribution in [3.05, 3.63) is 95.0 Å². The van der Waals surface area contributed by atoms with Crippen LogP contribution in [0.25, 0.3) is 0 Å². The van der Waals surface area contributed by atoms with Crippen molar-refractivity contribution >= 4 is 45.0 Å². The molecule has 0 aliphatic heterocycles. The number of para-hydroxylation sites is 1. The van der Waals surface area contributed by atoms with Crippen LogP contribution in [0.3, 0.4) is 0 Å². The smallest absolute Gasteiger partial charge is 0.264 e. The highest BCUT2D eigenvalue weighted by Crippen LogP contribution is 2.27. The Morgan fingerprint density at radius 3 is 2.35 bits per heavy atom. The van der Waals surface area contributed by atoms with Gasteiger partial charge in [0.05, 0.1) is 10.6 Å². The van der Waals surface area contributed by atoms with Crippen LogP contribution in [0.5, 0.6) is 0 Å². The Kier molecular flexibility index (Phi) is 9.86. The second-order valence-electron chi connectivity index (χ2n) is 7.69. The van der Waals surface area contributed by atoms with Crippen LogP contribution < -0.4 is 9.62 Å². The van der Waals surface area contributed by atoms with Crippen molar-refractivity contribution in [2.75, 3.05) is 23.1 Å². The van der Waals surface area contributed by atoms with Gasteiger partial charge in [0.15, 0.2) is 0 Å². The molecule has 0 atom stereocenters. The zero-order chi connectivity index (χ0) is 24.4. The third kappa shape index (κ3) is 7.26. The summed E-state index contributed by atoms with van der Waals surface area (Å²) in [5.41, 5.74) is 2.60. The molecule has 0 spiro atoms. The Hall–Kier alpha value is -2.48. The molecule has 0 saturated heterocycles. The predicted octanol–water partition coefficient (Wildman–Crippen LogP) is 5.54. The second-order valence-corrected chi connectivity index (χ2v) is 11.1. The highest BCUT2D eigenvalue weighted by molar-refractivity contribution is 7.98. The fraction of sp³-hybridized carbons (Fsp3) is 0.269. The maximum atomic E-state index is 13.4. The van der Waals surface area contributed by atoms with Gasteiger partial charge in [-0.2, -0.15) is 11.8 Å². The predicted molar refractivity (Wildman–Crippen MR) is 142 cm³/mol. The Bertz CT molecular complexity index is 1170. The molecule has 3 aromatic carbocycles. The maximum absolute atomic E-state index is 13.4. The number of aryl methyl sites for hydroxylation is 1. The maximum Gasteiger partial charge on any atom is 0.264 e. The summed E-state index contributed by atoms with van der Waals surface area (Å²) >= 11 is 7.69. The molecule has 0 fully saturated rings. The fourth-order valence-electron chi connectivity index (χ4n) is 3.43. The number of carbonyl (C=O) groups is 1. The van der Waals surface area contributed by atoms with E-state index in [0.717, 1.165) is 28.5 Å². The first-order valence-corrected chi connectivity index (χ1v) is 14.1. The van der Waals surface area contributed by atoms with E-state index < -0.39 is 10.0 Å². The molecule has 0 aliphatic carbocycles. The van der Waals surface area contributed by atoms with E-state index in [-0.39, 0.29) is 17.3 Å². The topological polar surface area (TPSA) is 66.5 Å². The molecule has 3 rings (SSSR count). The van der Waals surface area contributed by atoms with Gasteiger partial charge in [-0.15, -0.1) is 0 Å². The van der Waals surface area contributed by atoms with Crippen molar-refractivity contribution in [2.45, 2.75) is 30.4 Å². The molecule has 3 aromatic rings. The lowest BCUT2D eigenvalue weighted by molar-refractivity contribution is -0.119. The molecule has 8 heteroatoms. The first-order valence-electron chi connectivity index (χ1n) is 11.2. The number of nitrogens with zero attached hydrogens (tertiary/aromatic N) is 1. The summed E-state index contributed by atoms with van der Waals surface area (Å²) < 4.78 is 28.1. The minimum Gasteiger partial charge on any atom is -0.354 e. The highest BCUT2D eigenvalue weighted by Gasteiger charge is 2.28. The summed E-state index contributed by atoms with van der Waals surface area (Å²) in [4.78, 5) is 12.9. The van der Waals surface area contributed by atoms with Gasteiger partial charge in [0, 0.05) is 17.3 Å². The van der Waals surface area contributed by atoms with Crippen molar-refractivity contribution in [3.63, 3.8) is 0 Å². The Morgan fingerprint density at radius 1 is 0.971 bits per heavy atom. The van der Waals surface area contributed by atoms with Crippen LogP contribution in [-0.4, -0.2) is 33.2 Å². The summed E-state index contributed by atoms with van der Waals surface area (Å²) in [5, 5.41) is 3.60. The molecule has 180 valence electrons. The zero-order valence-electron chi connectivity index (χ0n) is 19.1. The Balaban J connectivity index is 1.60. The molecular weight excluding hydrogens is 488 g/mol. The van der Waals surface area contributed by atoms with Gasteiger partial charge in [0.2, 0.25) is 5.91 Å². The number of amides is 1. The Labute approximate surface area is 211 Å². The minimum atomic E-state index is -3.90. The van der Waals surface area contributed by atoms with Crippen LogP contribution in [0.4, 0.5) is 5.69 Å². The number of thioether (sulfide) groups is 1. The summed E-state index contributed by atoms with van der Waals surface area (Å²) in [7, 11) is -3.90. The van der Waals surface area contributed by atoms with Gasteiger partial charge in [-0.25, -0.2) is 8.42 Å². The molecule has 0 saturated carbocycles. The second kappa shape index (κ2) is 12.8. The number of sulfonamides is 1. The molecule has 0 heterocycles. The van der Waals surface area contributed by atoms with Crippen molar-refractivity contribution in [3.8, 4) is 0 Å². The van der Waals surface area contributed by atoms with Gasteiger partial charge in [0.1, 0.15) is 6.54 Å². The molecule has 34 heavy (non-hydrogen) atoms. The number of nitrogens with one attached hydrogen (secondary N) is 1. The molecule has 0 bridgehead atoms. The quantitative estimate of drug-likeness (QED) is 0.321. The van der Waals surface area contributed by atoms with Gasteiger partial charge in [0.25, 0.3) is 10.0 Å². The molecular formula is C26H29ClN2O3S2. The third-order valence-electron chi connectivity index (χ3n) is 5.23. The summed E-state index contributed by atoms with van der Waals surface area (Å²) in [5.74, 6) is 1.43. The minimum absolute atomic E-state index is 0.160. The lowest BCUT2D eigenvalue weighted by atomic mass is 10.1. The number of anilines is 1. The summed E-state index contributed by atoms with van der Waals surface area (Å²) in [6, 6.07) is 23.3. The first kappa shape index (κ1) is 26.1. The molecule has 5 nitrogen and oxygen atoms in total. The van der Waals surface area contributed by atoms with E-state index in [1.54, 1.807) is 54.2 Å². The van der Waals surface area contributed by atoms with Crippen molar-refractivity contribution in [1.82, 2.24) is 5.32 Å². The normalized spacial score (nSPS) is 11.2. The van der Waals surface area contributed by atoms with E-state index in [1.807, 2.05) is 43.3 Å². The largest absolute Gasteiger partial charge is 0.354 e. The van der Waals surface area contributed by atoms with Gasteiger partial charge in [-0.1, -0.05) is 67.1 Å². The van der Waals surface area contributed by atoms with E-state index in [2.05, 4.69) is 5.32 Å². The summed E-state index contributed by atoms with van der Waals surface area (Å²) in [6.45, 7) is 2.18. The van der Waals surface area contributed by atoms with E-state index in [0.29, 0.717) is 18.7 Å². The molecule has 1 amide bonds. The molecule has 0 aromatic heterocycles. The van der Waals surface area contributed by atoms with Crippen LogP contribution in [0.15, 0.2) is 83.8 Å². The van der Waals surface area contributed by atoms with Crippen LogP contribution >= 0.6 is 23.4 Å². The zero-order valence-corrected chi connectivity index (χ0v) is 21.5. The Morgan fingerprint density at radius 2 is 1.65 bits per heavy atom. The monoisotopic (exact) mass is 516 g/mol. The molecule has 0 aliphatic rings. The van der Waals surface area contributed by atoms with E-state index >= 15 is 0 Å². The number of carbonyl (C=O) groups excluding carboxylic acids is 1. The van der Waals surface area contributed by atoms with Gasteiger partial charge in [-0.3, -0.25) is 9.10 Å². The lowest BCUT2D eigenvalue weighted by Crippen LogP contribution is -2.41. The van der Waals surface area contributed by atoms with Gasteiger partial charge < -0.3 is 5.32 Å². The average Bonchev–Trinajstić information content (AvgIpc) is 2.86. The molecule has 0 unspecified atom stereocenters. The standard InChI is InChI=1S/C26H29ClN2O3S2/c1-2-22-9-6-7-12-25(22)29(34(31,32)24-10-4-3-5-11-24)19-26(30)28-17-8-18-33-20-21-13-15-23(27)16-14-21/h3-7,9-16H,2,8,17-20H2,1H3,(H,28,30). The SMILES string of the molecule is CCc1ccccc1N(CC(=O)NCCCSCc1ccc(Cl)cc1)S(=O)(=O)c1ccccc1. The van der Waals surface area contributed by atoms with Crippen molar-refractivity contribution in [2.24, 2.45) is 0 Å². The fourth-order valence-corrected chi connectivity index (χ4v) is 5.96. The van der Waals surface area contributed by atoms with Crippen LogP contribution in [0.1, 0.15) is 24.5 Å². The van der Waals surface area contributed by atoms with Crippen LogP contribution in [-0.2, 0) is 27.0 Å². The van der Waals surface area contributed by atoms with Crippen LogP contribution in [0.2, 0.25) is 5.02 Å². The van der Waals surface area contributed by atoms with E-state index in [1.165, 1.54) is 9.87 Å². The molecule has 0 radical (unpaired) electrons. The number of halogens is 1. The number of benzene rings is 3. The van der Waals surface area contributed by atoms with Gasteiger partial charge >= 0.3 is 0 Å². The van der Waals surface area contributed by atoms with Gasteiger partial charge in [-0.05, 0) is 60.1 Å². The first-order chi connectivity index (χ1) is 16.4. The van der Waals surface area contributed by atoms with Crippen molar-refractivity contribution in [1.29, 1.82) is 0 Å². The summed E-state index contributed by atoms with van der Waals surface area (Å²) in [6.07, 6.45) is 1.45. The highest BCUT2D eigenvalue weighted by atomic mass is 35.5. The third-order valence-corrected chi connectivity index (χ3v) is 8.37. The van der Waals surface area contributed by atoms with Crippen molar-refractivity contribution < 1.29 is 13.2 Å². The number of hydrogen-bond acceptors (Lipinski definition) is 4. The van der Waals surface area contributed by atoms with Crippen LogP contribution in [0, 0.1) is 0 Å². The number of hydrogen-bond donors (Lipinski definition) is 1. The number of rotatable bonds is 12. The average molecular weight is 517 g/mol. The lowest BCUT2D eigenvalue weighted by Gasteiger charge is -2.26.